The molecule has 2 N–H and O–H groups in total. The third kappa shape index (κ3) is 1.07. The molecule has 0 saturated carbocycles. The Morgan fingerprint density at radius 1 is 1.45 bits per heavy atom. The zero-order valence-electron chi connectivity index (χ0n) is 5.50. The Morgan fingerprint density at radius 2 is 2.27 bits per heavy atom. The SMILES string of the molecule is Oc1cc(I)cc2[nH]cnc12. The molecule has 1 aromatic carbocycles. The maximum atomic E-state index is 9.35. The number of nitrogens with one attached hydrogen (secondary N) is 1. The molecular weight excluding hydrogens is 255 g/mol. The maximum Gasteiger partial charge on any atom is 0.144 e. The average Bonchev–Trinajstić information content (AvgIpc) is 2.34. The third-order valence-corrected chi connectivity index (χ3v) is 2.09. The van der Waals surface area contributed by atoms with Crippen LogP contribution in [0.5, 0.6) is 5.75 Å². The Kier molecular flexibility index (Phi) is 1.49. The maximum absolute atomic E-state index is 9.35. The van der Waals surface area contributed by atoms with Crippen molar-refractivity contribution in [2.24, 2.45) is 0 Å². The van der Waals surface area contributed by atoms with Crippen molar-refractivity contribution in [1.29, 1.82) is 0 Å². The number of hydrogen-bond acceptors (Lipinski definition) is 2. The predicted molar refractivity (Wildman–Crippen MR) is 50.5 cm³/mol. The molecule has 0 aliphatic carbocycles. The van der Waals surface area contributed by atoms with Gasteiger partial charge in [-0.3, -0.25) is 0 Å². The van der Waals surface area contributed by atoms with Crippen LogP contribution in [0.3, 0.4) is 0 Å². The molecule has 0 aliphatic heterocycles. The summed E-state index contributed by atoms with van der Waals surface area (Å²) in [6.45, 7) is 0. The van der Waals surface area contributed by atoms with Crippen LogP contribution in [0.25, 0.3) is 11.0 Å². The third-order valence-electron chi connectivity index (χ3n) is 1.47. The standard InChI is InChI=1S/C7H5IN2O/c8-4-1-5-7(6(11)2-4)10-3-9-5/h1-3,11H,(H,9,10). The van der Waals surface area contributed by atoms with E-state index in [1.807, 2.05) is 6.07 Å². The van der Waals surface area contributed by atoms with Gasteiger partial charge in [-0.1, -0.05) is 0 Å². The van der Waals surface area contributed by atoms with Gasteiger partial charge in [0.1, 0.15) is 11.3 Å². The van der Waals surface area contributed by atoms with E-state index in [9.17, 15) is 5.11 Å². The molecule has 0 fully saturated rings. The summed E-state index contributed by atoms with van der Waals surface area (Å²) in [5.74, 6) is 0.230. The van der Waals surface area contributed by atoms with Crippen molar-refractivity contribution in [1.82, 2.24) is 9.97 Å². The fraction of sp³-hybridized carbons (Fsp3) is 0. The number of H-pyrrole nitrogens is 1. The van der Waals surface area contributed by atoms with E-state index in [1.165, 1.54) is 0 Å². The minimum atomic E-state index is 0.230. The molecule has 11 heavy (non-hydrogen) atoms. The first-order chi connectivity index (χ1) is 5.27. The van der Waals surface area contributed by atoms with Crippen LogP contribution in [-0.2, 0) is 0 Å². The highest BCUT2D eigenvalue weighted by atomic mass is 127. The van der Waals surface area contributed by atoms with Gasteiger partial charge in [-0.2, -0.15) is 0 Å². The largest absolute Gasteiger partial charge is 0.506 e. The highest BCUT2D eigenvalue weighted by molar-refractivity contribution is 14.1. The van der Waals surface area contributed by atoms with Crippen molar-refractivity contribution in [3.8, 4) is 5.75 Å². The molecule has 2 rings (SSSR count). The number of phenols is 1. The molecule has 56 valence electrons. The highest BCUT2D eigenvalue weighted by Gasteiger charge is 2.02. The predicted octanol–water partition coefficient (Wildman–Crippen LogP) is 1.87. The summed E-state index contributed by atoms with van der Waals surface area (Å²) < 4.78 is 0.997. The average molecular weight is 260 g/mol. The molecule has 3 nitrogen and oxygen atoms in total. The van der Waals surface area contributed by atoms with E-state index in [-0.39, 0.29) is 5.75 Å². The summed E-state index contributed by atoms with van der Waals surface area (Å²) in [4.78, 5) is 6.88. The number of halogens is 1. The zero-order valence-corrected chi connectivity index (χ0v) is 7.66. The summed E-state index contributed by atoms with van der Waals surface area (Å²) in [5, 5.41) is 9.35. The van der Waals surface area contributed by atoms with Gasteiger partial charge in [0.05, 0.1) is 11.8 Å². The van der Waals surface area contributed by atoms with Crippen LogP contribution >= 0.6 is 22.6 Å². The van der Waals surface area contributed by atoms with Gasteiger partial charge in [0.2, 0.25) is 0 Å². The Bertz CT molecular complexity index is 396. The molecule has 0 bridgehead atoms. The van der Waals surface area contributed by atoms with Crippen molar-refractivity contribution >= 4 is 33.6 Å². The molecule has 0 amide bonds. The fourth-order valence-electron chi connectivity index (χ4n) is 0.997. The van der Waals surface area contributed by atoms with E-state index < -0.39 is 0 Å². The molecule has 0 radical (unpaired) electrons. The molecular formula is C7H5IN2O. The fourth-order valence-corrected chi connectivity index (χ4v) is 1.60. The van der Waals surface area contributed by atoms with Gasteiger partial charge in [0.25, 0.3) is 0 Å². The van der Waals surface area contributed by atoms with Gasteiger partial charge >= 0.3 is 0 Å². The van der Waals surface area contributed by atoms with E-state index >= 15 is 0 Å². The molecule has 0 unspecified atom stereocenters. The Hall–Kier alpha value is -0.780. The number of hydrogen-bond donors (Lipinski definition) is 2. The Balaban J connectivity index is 2.91. The quantitative estimate of drug-likeness (QED) is 0.710. The smallest absolute Gasteiger partial charge is 0.144 e. The number of fused-ring (bicyclic) bond motifs is 1. The molecule has 2 aromatic rings. The van der Waals surface area contributed by atoms with Crippen molar-refractivity contribution in [3.63, 3.8) is 0 Å². The van der Waals surface area contributed by atoms with Crippen LogP contribution in [-0.4, -0.2) is 15.1 Å². The number of nitrogens with zero attached hydrogens (tertiary/aromatic N) is 1. The molecule has 1 aromatic heterocycles. The zero-order chi connectivity index (χ0) is 7.84. The monoisotopic (exact) mass is 260 g/mol. The Labute approximate surface area is 76.6 Å². The number of rotatable bonds is 0. The number of aromatic hydroxyl groups is 1. The molecule has 0 aliphatic rings. The lowest BCUT2D eigenvalue weighted by Gasteiger charge is -1.93. The van der Waals surface area contributed by atoms with Crippen LogP contribution in [0, 0.1) is 3.57 Å². The number of phenolic OH excluding ortho intramolecular Hbond substituents is 1. The second-order valence-electron chi connectivity index (χ2n) is 2.22. The first-order valence-corrected chi connectivity index (χ1v) is 4.17. The topological polar surface area (TPSA) is 48.9 Å². The van der Waals surface area contributed by atoms with E-state index in [1.54, 1.807) is 12.4 Å². The van der Waals surface area contributed by atoms with Crippen molar-refractivity contribution in [3.05, 3.63) is 22.0 Å². The molecule has 4 heteroatoms. The van der Waals surface area contributed by atoms with Gasteiger partial charge in [-0.05, 0) is 34.7 Å². The second-order valence-corrected chi connectivity index (χ2v) is 3.47. The van der Waals surface area contributed by atoms with Gasteiger partial charge < -0.3 is 10.1 Å². The summed E-state index contributed by atoms with van der Waals surface area (Å²) in [5.41, 5.74) is 1.50. The first-order valence-electron chi connectivity index (χ1n) is 3.09. The molecule has 0 saturated heterocycles. The highest BCUT2D eigenvalue weighted by Crippen LogP contribution is 2.23. The van der Waals surface area contributed by atoms with Gasteiger partial charge in [0.15, 0.2) is 0 Å². The Morgan fingerprint density at radius 3 is 3.09 bits per heavy atom. The first kappa shape index (κ1) is 6.90. The van der Waals surface area contributed by atoms with Crippen LogP contribution in [0.15, 0.2) is 18.5 Å². The molecule has 1 heterocycles. The van der Waals surface area contributed by atoms with Crippen molar-refractivity contribution in [2.75, 3.05) is 0 Å². The van der Waals surface area contributed by atoms with Crippen LogP contribution < -0.4 is 0 Å². The van der Waals surface area contributed by atoms with E-state index in [0.29, 0.717) is 5.52 Å². The number of aromatic amines is 1. The van der Waals surface area contributed by atoms with E-state index in [0.717, 1.165) is 9.09 Å². The lowest BCUT2D eigenvalue weighted by atomic mass is 10.3. The van der Waals surface area contributed by atoms with E-state index in [4.69, 9.17) is 0 Å². The number of aromatic nitrogens is 2. The minimum absolute atomic E-state index is 0.230. The normalized spacial score (nSPS) is 10.6. The number of imidazole rings is 1. The van der Waals surface area contributed by atoms with Gasteiger partial charge in [-0.15, -0.1) is 0 Å². The van der Waals surface area contributed by atoms with Gasteiger partial charge in [-0.25, -0.2) is 4.98 Å². The summed E-state index contributed by atoms with van der Waals surface area (Å²) in [7, 11) is 0. The summed E-state index contributed by atoms with van der Waals surface area (Å²) in [6.07, 6.45) is 1.57. The molecule has 0 atom stereocenters. The lowest BCUT2D eigenvalue weighted by molar-refractivity contribution is 0.480. The van der Waals surface area contributed by atoms with Crippen molar-refractivity contribution < 1.29 is 5.11 Å². The van der Waals surface area contributed by atoms with Crippen LogP contribution in [0.4, 0.5) is 0 Å². The van der Waals surface area contributed by atoms with Crippen LogP contribution in [0.2, 0.25) is 0 Å². The second kappa shape index (κ2) is 2.37. The van der Waals surface area contributed by atoms with Crippen molar-refractivity contribution in [2.45, 2.75) is 0 Å². The van der Waals surface area contributed by atoms with Gasteiger partial charge in [0, 0.05) is 3.57 Å². The lowest BCUT2D eigenvalue weighted by Crippen LogP contribution is -1.74. The van der Waals surface area contributed by atoms with Crippen LogP contribution in [0.1, 0.15) is 0 Å². The number of benzene rings is 1. The summed E-state index contributed by atoms with van der Waals surface area (Å²) in [6, 6.07) is 3.62. The summed E-state index contributed by atoms with van der Waals surface area (Å²) >= 11 is 2.14. The van der Waals surface area contributed by atoms with E-state index in [2.05, 4.69) is 32.6 Å². The molecule has 0 spiro atoms. The minimum Gasteiger partial charge on any atom is -0.506 e.